The molecule has 2 aromatic carbocycles. The van der Waals surface area contributed by atoms with Crippen LogP contribution < -0.4 is 4.74 Å². The molecule has 3 rings (SSSR count). The van der Waals surface area contributed by atoms with Gasteiger partial charge in [0.05, 0.1) is 15.5 Å². The van der Waals surface area contributed by atoms with Crippen molar-refractivity contribution in [1.82, 2.24) is 4.90 Å². The summed E-state index contributed by atoms with van der Waals surface area (Å²) < 4.78 is 5.77. The maximum Gasteiger partial charge on any atom is 0.335 e. The van der Waals surface area contributed by atoms with Gasteiger partial charge in [-0.1, -0.05) is 29.8 Å². The van der Waals surface area contributed by atoms with Crippen molar-refractivity contribution in [2.75, 3.05) is 0 Å². The number of benzene rings is 2. The van der Waals surface area contributed by atoms with E-state index in [9.17, 15) is 9.59 Å². The number of carbonyl (C=O) groups is 2. The van der Waals surface area contributed by atoms with Crippen LogP contribution in [0.5, 0.6) is 5.75 Å². The summed E-state index contributed by atoms with van der Waals surface area (Å²) in [6.45, 7) is 8.08. The van der Waals surface area contributed by atoms with Crippen molar-refractivity contribution in [2.45, 2.75) is 46.4 Å². The largest absolute Gasteiger partial charge is 0.487 e. The number of carbonyl (C=O) groups excluding carboxylic acids is 1. The number of amidine groups is 1. The van der Waals surface area contributed by atoms with E-state index >= 15 is 0 Å². The molecule has 1 fully saturated rings. The zero-order valence-corrected chi connectivity index (χ0v) is 19.9. The Morgan fingerprint density at radius 3 is 2.59 bits per heavy atom. The van der Waals surface area contributed by atoms with Crippen LogP contribution in [0.1, 0.15) is 49.2 Å². The second-order valence-corrected chi connectivity index (χ2v) is 9.29. The molecule has 1 amide bonds. The quantitative estimate of drug-likeness (QED) is 0.522. The van der Waals surface area contributed by atoms with Crippen LogP contribution in [0.3, 0.4) is 0 Å². The van der Waals surface area contributed by atoms with Crippen molar-refractivity contribution in [1.29, 1.82) is 0 Å². The Balaban J connectivity index is 1.76. The monoisotopic (exact) mass is 472 g/mol. The van der Waals surface area contributed by atoms with E-state index in [2.05, 4.69) is 4.99 Å². The SMILES string of the molecule is CC(C)N=C1S/C(=C/c2ccc(OCc3cccc(C(=O)O)c3)c(Cl)c2)C(=O)N1C(C)C. The summed E-state index contributed by atoms with van der Waals surface area (Å²) in [5, 5.41) is 10.2. The van der Waals surface area contributed by atoms with Gasteiger partial charge in [-0.2, -0.15) is 0 Å². The molecule has 0 atom stereocenters. The number of ether oxygens (including phenoxy) is 1. The molecule has 0 bridgehead atoms. The molecule has 168 valence electrons. The summed E-state index contributed by atoms with van der Waals surface area (Å²) in [5.74, 6) is -0.579. The zero-order valence-electron chi connectivity index (χ0n) is 18.3. The van der Waals surface area contributed by atoms with Crippen molar-refractivity contribution in [2.24, 2.45) is 4.99 Å². The van der Waals surface area contributed by atoms with Gasteiger partial charge < -0.3 is 9.84 Å². The number of carboxylic acid groups (broad SMARTS) is 1. The number of aliphatic imine (C=N–C) groups is 1. The van der Waals surface area contributed by atoms with Crippen molar-refractivity contribution in [3.8, 4) is 5.75 Å². The molecule has 0 saturated carbocycles. The van der Waals surface area contributed by atoms with Crippen molar-refractivity contribution in [3.05, 3.63) is 69.1 Å². The minimum Gasteiger partial charge on any atom is -0.487 e. The van der Waals surface area contributed by atoms with E-state index in [0.29, 0.717) is 20.8 Å². The standard InChI is InChI=1S/C24H25ClN2O4S/c1-14(2)26-24-27(15(3)4)22(28)21(32-24)12-16-8-9-20(19(25)11-16)31-13-17-6-5-7-18(10-17)23(29)30/h5-12,14-15H,13H2,1-4H3,(H,29,30)/b21-12+,26-24?. The van der Waals surface area contributed by atoms with Crippen LogP contribution in [0.25, 0.3) is 6.08 Å². The normalized spacial score (nSPS) is 16.6. The highest BCUT2D eigenvalue weighted by atomic mass is 35.5. The van der Waals surface area contributed by atoms with E-state index in [4.69, 9.17) is 21.4 Å². The molecule has 0 unspecified atom stereocenters. The van der Waals surface area contributed by atoms with Crippen LogP contribution in [-0.4, -0.2) is 39.1 Å². The Morgan fingerprint density at radius 2 is 1.97 bits per heavy atom. The smallest absolute Gasteiger partial charge is 0.335 e. The fraction of sp³-hybridized carbons (Fsp3) is 0.292. The first-order valence-electron chi connectivity index (χ1n) is 10.2. The first-order chi connectivity index (χ1) is 15.2. The summed E-state index contributed by atoms with van der Waals surface area (Å²) in [6.07, 6.45) is 1.80. The molecule has 0 spiro atoms. The highest BCUT2D eigenvalue weighted by Gasteiger charge is 2.35. The molecule has 1 heterocycles. The lowest BCUT2D eigenvalue weighted by atomic mass is 10.1. The number of halogens is 1. The van der Waals surface area contributed by atoms with Gasteiger partial charge in [-0.15, -0.1) is 0 Å². The van der Waals surface area contributed by atoms with Gasteiger partial charge in [0.2, 0.25) is 0 Å². The van der Waals surface area contributed by atoms with Crippen molar-refractivity contribution < 1.29 is 19.4 Å². The lowest BCUT2D eigenvalue weighted by Crippen LogP contribution is -2.35. The molecule has 32 heavy (non-hydrogen) atoms. The minimum atomic E-state index is -0.987. The minimum absolute atomic E-state index is 0.0115. The highest BCUT2D eigenvalue weighted by molar-refractivity contribution is 8.18. The molecule has 0 aliphatic carbocycles. The Bertz CT molecular complexity index is 1100. The maximum absolute atomic E-state index is 12.9. The number of thioether (sulfide) groups is 1. The van der Waals surface area contributed by atoms with Gasteiger partial charge >= 0.3 is 5.97 Å². The van der Waals surface area contributed by atoms with E-state index < -0.39 is 5.97 Å². The van der Waals surface area contributed by atoms with Crippen LogP contribution in [0.4, 0.5) is 0 Å². The molecule has 6 nitrogen and oxygen atoms in total. The number of amides is 1. The molecule has 0 radical (unpaired) electrons. The predicted octanol–water partition coefficient (Wildman–Crippen LogP) is 5.71. The van der Waals surface area contributed by atoms with Crippen LogP contribution >= 0.6 is 23.4 Å². The van der Waals surface area contributed by atoms with E-state index in [1.165, 1.54) is 17.8 Å². The number of nitrogens with zero attached hydrogens (tertiary/aromatic N) is 2. The molecule has 8 heteroatoms. The van der Waals surface area contributed by atoms with Gasteiger partial charge in [0.15, 0.2) is 5.17 Å². The molecule has 0 aromatic heterocycles. The first-order valence-corrected chi connectivity index (χ1v) is 11.4. The van der Waals surface area contributed by atoms with E-state index in [1.807, 2.05) is 33.8 Å². The fourth-order valence-electron chi connectivity index (χ4n) is 3.08. The molecule has 1 aliphatic rings. The number of hydrogen-bond acceptors (Lipinski definition) is 5. The summed E-state index contributed by atoms with van der Waals surface area (Å²) in [6, 6.07) is 12.0. The van der Waals surface area contributed by atoms with E-state index in [0.717, 1.165) is 11.1 Å². The summed E-state index contributed by atoms with van der Waals surface area (Å²) >= 11 is 7.77. The van der Waals surface area contributed by atoms with Crippen LogP contribution in [0, 0.1) is 0 Å². The first kappa shape index (κ1) is 23.9. The topological polar surface area (TPSA) is 79.2 Å². The third kappa shape index (κ3) is 5.72. The summed E-state index contributed by atoms with van der Waals surface area (Å²) in [5.41, 5.74) is 1.71. The Morgan fingerprint density at radius 1 is 1.22 bits per heavy atom. The third-order valence-corrected chi connectivity index (χ3v) is 5.84. The molecule has 1 aliphatic heterocycles. The second-order valence-electron chi connectivity index (χ2n) is 7.87. The van der Waals surface area contributed by atoms with Gasteiger partial charge in [0, 0.05) is 12.1 Å². The molecular weight excluding hydrogens is 448 g/mol. The summed E-state index contributed by atoms with van der Waals surface area (Å²) in [7, 11) is 0. The van der Waals surface area contributed by atoms with E-state index in [-0.39, 0.29) is 30.2 Å². The number of carboxylic acids is 1. The van der Waals surface area contributed by atoms with Crippen LogP contribution in [-0.2, 0) is 11.4 Å². The summed E-state index contributed by atoms with van der Waals surface area (Å²) in [4.78, 5) is 30.9. The van der Waals surface area contributed by atoms with Gasteiger partial charge in [-0.3, -0.25) is 14.7 Å². The average Bonchev–Trinajstić information content (AvgIpc) is 3.01. The van der Waals surface area contributed by atoms with Crippen molar-refractivity contribution >= 4 is 46.5 Å². The number of hydrogen-bond donors (Lipinski definition) is 1. The zero-order chi connectivity index (χ0) is 23.4. The second kappa shape index (κ2) is 10.2. The molecule has 2 aromatic rings. The lowest BCUT2D eigenvalue weighted by Gasteiger charge is -2.20. The number of rotatable bonds is 7. The van der Waals surface area contributed by atoms with E-state index in [1.54, 1.807) is 41.3 Å². The molecular formula is C24H25ClN2O4S. The Labute approximate surface area is 196 Å². The lowest BCUT2D eigenvalue weighted by molar-refractivity contribution is -0.123. The van der Waals surface area contributed by atoms with Gasteiger partial charge in [-0.05, 0) is 80.9 Å². The van der Waals surface area contributed by atoms with Gasteiger partial charge in [-0.25, -0.2) is 4.79 Å². The number of aromatic carboxylic acids is 1. The highest BCUT2D eigenvalue weighted by Crippen LogP contribution is 2.35. The fourth-order valence-corrected chi connectivity index (χ4v) is 4.56. The third-order valence-electron chi connectivity index (χ3n) is 4.54. The van der Waals surface area contributed by atoms with Gasteiger partial charge in [0.1, 0.15) is 12.4 Å². The Kier molecular flexibility index (Phi) is 7.64. The van der Waals surface area contributed by atoms with Crippen LogP contribution in [0.2, 0.25) is 5.02 Å². The molecule has 1 saturated heterocycles. The van der Waals surface area contributed by atoms with Crippen molar-refractivity contribution in [3.63, 3.8) is 0 Å². The average molecular weight is 473 g/mol. The van der Waals surface area contributed by atoms with Gasteiger partial charge in [0.25, 0.3) is 5.91 Å². The predicted molar refractivity (Wildman–Crippen MR) is 129 cm³/mol. The molecule has 1 N–H and O–H groups in total. The Hall–Kier alpha value is -2.77. The van der Waals surface area contributed by atoms with Crippen LogP contribution in [0.15, 0.2) is 52.4 Å². The maximum atomic E-state index is 12.9.